The van der Waals surface area contributed by atoms with Gasteiger partial charge in [0.2, 0.25) is 5.91 Å². The number of likely N-dealkylation sites (N-methyl/N-ethyl adjacent to an activating group) is 1. The Morgan fingerprint density at radius 2 is 2.20 bits per heavy atom. The summed E-state index contributed by atoms with van der Waals surface area (Å²) < 4.78 is 0. The van der Waals surface area contributed by atoms with Crippen LogP contribution in [0.1, 0.15) is 18.0 Å². The smallest absolute Gasteiger partial charge is 0.243 e. The molecule has 0 aromatic heterocycles. The number of rotatable bonds is 2. The molecule has 2 aliphatic rings. The van der Waals surface area contributed by atoms with Crippen LogP contribution in [-0.2, 0) is 4.79 Å². The van der Waals surface area contributed by atoms with Crippen LogP contribution < -0.4 is 16.0 Å². The van der Waals surface area contributed by atoms with Crippen molar-refractivity contribution in [2.24, 2.45) is 11.7 Å². The van der Waals surface area contributed by atoms with E-state index >= 15 is 0 Å². The number of nitrogens with two attached hydrogens (primary N) is 1. The van der Waals surface area contributed by atoms with E-state index in [-0.39, 0.29) is 5.91 Å². The lowest BCUT2D eigenvalue weighted by atomic mass is 9.98. The summed E-state index contributed by atoms with van der Waals surface area (Å²) in [6, 6.07) is 6.77. The second-order valence-corrected chi connectivity index (χ2v) is 5.97. The minimum atomic E-state index is 0.0499. The van der Waals surface area contributed by atoms with Gasteiger partial charge in [0.1, 0.15) is 0 Å². The molecule has 0 bridgehead atoms. The van der Waals surface area contributed by atoms with E-state index in [0.29, 0.717) is 18.5 Å². The summed E-state index contributed by atoms with van der Waals surface area (Å²) in [6.07, 6.45) is 1.11. The lowest BCUT2D eigenvalue weighted by molar-refractivity contribution is -0.115. The third kappa shape index (κ3) is 2.27. The molecule has 5 heteroatoms. The van der Waals surface area contributed by atoms with Crippen LogP contribution in [0.4, 0.5) is 11.4 Å². The Morgan fingerprint density at radius 3 is 2.90 bits per heavy atom. The standard InChI is InChI=1S/C15H22N4O/c1-18-8-10(7-16)5-13(18)11-3-4-12-14(6-11)19(2)9-15(20)17-12/h3-4,6,10,13H,5,7-9,16H2,1-2H3,(H,17,20). The highest BCUT2D eigenvalue weighted by molar-refractivity contribution is 6.01. The molecule has 2 atom stereocenters. The number of anilines is 2. The highest BCUT2D eigenvalue weighted by Crippen LogP contribution is 2.38. The topological polar surface area (TPSA) is 61.6 Å². The fourth-order valence-electron chi connectivity index (χ4n) is 3.33. The summed E-state index contributed by atoms with van der Waals surface area (Å²) in [7, 11) is 4.12. The molecule has 2 heterocycles. The van der Waals surface area contributed by atoms with Crippen molar-refractivity contribution in [3.05, 3.63) is 23.8 Å². The fraction of sp³-hybridized carbons (Fsp3) is 0.533. The van der Waals surface area contributed by atoms with E-state index in [1.165, 1.54) is 5.56 Å². The Bertz CT molecular complexity index is 531. The molecular weight excluding hydrogens is 252 g/mol. The lowest BCUT2D eigenvalue weighted by Gasteiger charge is -2.29. The van der Waals surface area contributed by atoms with Crippen molar-refractivity contribution in [1.29, 1.82) is 0 Å². The van der Waals surface area contributed by atoms with Gasteiger partial charge < -0.3 is 16.0 Å². The number of nitrogens with one attached hydrogen (secondary N) is 1. The van der Waals surface area contributed by atoms with Gasteiger partial charge >= 0.3 is 0 Å². The summed E-state index contributed by atoms with van der Waals surface area (Å²) >= 11 is 0. The van der Waals surface area contributed by atoms with E-state index in [0.717, 1.165) is 30.9 Å². The van der Waals surface area contributed by atoms with Gasteiger partial charge in [-0.15, -0.1) is 0 Å². The maximum atomic E-state index is 11.5. The van der Waals surface area contributed by atoms with Gasteiger partial charge in [0, 0.05) is 19.6 Å². The Morgan fingerprint density at radius 1 is 1.40 bits per heavy atom. The van der Waals surface area contributed by atoms with E-state index in [9.17, 15) is 4.79 Å². The minimum Gasteiger partial charge on any atom is -0.364 e. The molecule has 3 rings (SSSR count). The lowest BCUT2D eigenvalue weighted by Crippen LogP contribution is -2.35. The molecule has 1 aromatic rings. The highest BCUT2D eigenvalue weighted by atomic mass is 16.2. The van der Waals surface area contributed by atoms with Crippen LogP contribution in [0.2, 0.25) is 0 Å². The normalized spacial score (nSPS) is 26.6. The first-order chi connectivity index (χ1) is 9.58. The maximum absolute atomic E-state index is 11.5. The number of hydrogen-bond acceptors (Lipinski definition) is 4. The van der Waals surface area contributed by atoms with Crippen molar-refractivity contribution < 1.29 is 4.79 Å². The molecule has 3 N–H and O–H groups in total. The largest absolute Gasteiger partial charge is 0.364 e. The van der Waals surface area contributed by atoms with Crippen LogP contribution in [-0.4, -0.2) is 44.5 Å². The van der Waals surface area contributed by atoms with Crippen LogP contribution in [0.3, 0.4) is 0 Å². The molecule has 0 spiro atoms. The summed E-state index contributed by atoms with van der Waals surface area (Å²) in [4.78, 5) is 15.9. The van der Waals surface area contributed by atoms with E-state index < -0.39 is 0 Å². The summed E-state index contributed by atoms with van der Waals surface area (Å²) in [5.41, 5.74) is 9.12. The molecule has 1 fully saturated rings. The van der Waals surface area contributed by atoms with Crippen molar-refractivity contribution in [2.45, 2.75) is 12.5 Å². The van der Waals surface area contributed by atoms with Crippen molar-refractivity contribution in [3.63, 3.8) is 0 Å². The van der Waals surface area contributed by atoms with Gasteiger partial charge in [-0.3, -0.25) is 9.69 Å². The number of carbonyl (C=O) groups excluding carboxylic acids is 1. The van der Waals surface area contributed by atoms with E-state index in [4.69, 9.17) is 5.73 Å². The average molecular weight is 274 g/mol. The molecule has 1 saturated heterocycles. The zero-order chi connectivity index (χ0) is 14.3. The zero-order valence-corrected chi connectivity index (χ0v) is 12.1. The number of fused-ring (bicyclic) bond motifs is 1. The Balaban J connectivity index is 1.89. The molecule has 0 saturated carbocycles. The zero-order valence-electron chi connectivity index (χ0n) is 12.1. The van der Waals surface area contributed by atoms with Gasteiger partial charge in [-0.2, -0.15) is 0 Å². The number of hydrogen-bond donors (Lipinski definition) is 2. The van der Waals surface area contributed by atoms with Crippen LogP contribution in [0.5, 0.6) is 0 Å². The van der Waals surface area contributed by atoms with Crippen molar-refractivity contribution >= 4 is 17.3 Å². The quantitative estimate of drug-likeness (QED) is 0.845. The van der Waals surface area contributed by atoms with E-state index in [2.05, 4.69) is 29.4 Å². The molecule has 2 unspecified atom stereocenters. The molecule has 0 aliphatic carbocycles. The van der Waals surface area contributed by atoms with Gasteiger partial charge in [-0.25, -0.2) is 0 Å². The van der Waals surface area contributed by atoms with Crippen LogP contribution >= 0.6 is 0 Å². The summed E-state index contributed by atoms with van der Waals surface area (Å²) in [5.74, 6) is 0.632. The molecule has 5 nitrogen and oxygen atoms in total. The van der Waals surface area contributed by atoms with Crippen LogP contribution in [0.15, 0.2) is 18.2 Å². The monoisotopic (exact) mass is 274 g/mol. The molecule has 20 heavy (non-hydrogen) atoms. The molecule has 108 valence electrons. The number of carbonyl (C=O) groups is 1. The molecule has 2 aliphatic heterocycles. The van der Waals surface area contributed by atoms with Gasteiger partial charge in [-0.1, -0.05) is 6.07 Å². The Kier molecular flexibility index (Phi) is 3.40. The summed E-state index contributed by atoms with van der Waals surface area (Å²) in [6.45, 7) is 2.23. The predicted molar refractivity (Wildman–Crippen MR) is 80.9 cm³/mol. The first-order valence-electron chi connectivity index (χ1n) is 7.13. The third-order valence-corrected chi connectivity index (χ3v) is 4.44. The number of nitrogens with zero attached hydrogens (tertiary/aromatic N) is 2. The molecular formula is C15H22N4O. The van der Waals surface area contributed by atoms with Gasteiger partial charge in [-0.05, 0) is 43.6 Å². The van der Waals surface area contributed by atoms with Crippen LogP contribution in [0, 0.1) is 5.92 Å². The third-order valence-electron chi connectivity index (χ3n) is 4.44. The predicted octanol–water partition coefficient (Wildman–Crippen LogP) is 1.03. The molecule has 1 amide bonds. The van der Waals surface area contributed by atoms with Gasteiger partial charge in [0.15, 0.2) is 0 Å². The second kappa shape index (κ2) is 5.07. The van der Waals surface area contributed by atoms with Gasteiger partial charge in [0.25, 0.3) is 0 Å². The number of benzene rings is 1. The van der Waals surface area contributed by atoms with Crippen molar-refractivity contribution in [2.75, 3.05) is 43.9 Å². The van der Waals surface area contributed by atoms with Gasteiger partial charge in [0.05, 0.1) is 17.9 Å². The van der Waals surface area contributed by atoms with Crippen molar-refractivity contribution in [1.82, 2.24) is 4.90 Å². The first-order valence-corrected chi connectivity index (χ1v) is 7.13. The van der Waals surface area contributed by atoms with E-state index in [1.54, 1.807) is 0 Å². The molecule has 0 radical (unpaired) electrons. The Hall–Kier alpha value is -1.59. The Labute approximate surface area is 119 Å². The van der Waals surface area contributed by atoms with E-state index in [1.807, 2.05) is 18.0 Å². The second-order valence-electron chi connectivity index (χ2n) is 5.97. The maximum Gasteiger partial charge on any atom is 0.243 e. The highest BCUT2D eigenvalue weighted by Gasteiger charge is 2.30. The minimum absolute atomic E-state index is 0.0499. The van der Waals surface area contributed by atoms with Crippen LogP contribution in [0.25, 0.3) is 0 Å². The number of likely N-dealkylation sites (tertiary alicyclic amines) is 1. The molecule has 1 aromatic carbocycles. The summed E-state index contributed by atoms with van der Waals surface area (Å²) in [5, 5.41) is 2.93. The SMILES string of the molecule is CN1CC(=O)Nc2ccc(C3CC(CN)CN3C)cc21. The number of amides is 1. The fourth-order valence-corrected chi connectivity index (χ4v) is 3.33. The van der Waals surface area contributed by atoms with Crippen molar-refractivity contribution in [3.8, 4) is 0 Å². The average Bonchev–Trinajstić information content (AvgIpc) is 2.79. The first kappa shape index (κ1) is 13.4.